The fourth-order valence-corrected chi connectivity index (χ4v) is 4.37. The van der Waals surface area contributed by atoms with Crippen molar-refractivity contribution in [3.8, 4) is 0 Å². The van der Waals surface area contributed by atoms with E-state index in [1.54, 1.807) is 11.8 Å². The van der Waals surface area contributed by atoms with Crippen molar-refractivity contribution < 1.29 is 13.2 Å². The molecule has 0 aliphatic carbocycles. The molecule has 0 aliphatic rings. The van der Waals surface area contributed by atoms with Gasteiger partial charge in [0.05, 0.1) is 22.0 Å². The van der Waals surface area contributed by atoms with E-state index in [-0.39, 0.29) is 17.3 Å². The van der Waals surface area contributed by atoms with E-state index >= 15 is 0 Å². The molecule has 0 radical (unpaired) electrons. The molecule has 1 amide bonds. The summed E-state index contributed by atoms with van der Waals surface area (Å²) in [6.07, 6.45) is 1.77. The van der Waals surface area contributed by atoms with E-state index in [0.29, 0.717) is 16.6 Å². The zero-order chi connectivity index (χ0) is 20.7. The molecule has 0 heterocycles. The van der Waals surface area contributed by atoms with Crippen molar-refractivity contribution in [2.75, 3.05) is 29.4 Å². The second kappa shape index (κ2) is 10.6. The first-order valence-electron chi connectivity index (χ1n) is 8.24. The molecule has 0 aliphatic heterocycles. The van der Waals surface area contributed by atoms with Crippen molar-refractivity contribution in [3.63, 3.8) is 0 Å². The Hall–Kier alpha value is -1.12. The number of benzene rings is 2. The van der Waals surface area contributed by atoms with Gasteiger partial charge in [-0.15, -0.1) is 11.8 Å². The van der Waals surface area contributed by atoms with Crippen LogP contribution in [-0.2, 0) is 14.8 Å². The van der Waals surface area contributed by atoms with Gasteiger partial charge in [-0.1, -0.05) is 34.8 Å². The van der Waals surface area contributed by atoms with E-state index < -0.39 is 15.9 Å². The third-order valence-corrected chi connectivity index (χ3v) is 6.83. The maximum absolute atomic E-state index is 12.2. The highest BCUT2D eigenvalue weighted by atomic mass is 35.5. The van der Waals surface area contributed by atoms with Crippen LogP contribution in [0, 0.1) is 0 Å². The van der Waals surface area contributed by atoms with Crippen LogP contribution in [-0.4, -0.2) is 39.4 Å². The molecule has 0 saturated carbocycles. The zero-order valence-electron chi connectivity index (χ0n) is 15.0. The van der Waals surface area contributed by atoms with Crippen LogP contribution < -0.4 is 9.62 Å². The summed E-state index contributed by atoms with van der Waals surface area (Å²) in [6.45, 7) is 0.111. The smallest absolute Gasteiger partial charge is 0.240 e. The SMILES string of the molecule is CS(=O)(=O)N(CC(=O)NCCCSc1ccc(Cl)cc1)c1ccc(Cl)c(Cl)c1. The number of carbonyl (C=O) groups is 1. The summed E-state index contributed by atoms with van der Waals surface area (Å²) < 4.78 is 25.1. The molecule has 10 heteroatoms. The third kappa shape index (κ3) is 7.37. The minimum atomic E-state index is -3.66. The summed E-state index contributed by atoms with van der Waals surface area (Å²) in [7, 11) is -3.66. The van der Waals surface area contributed by atoms with Crippen LogP contribution in [0.15, 0.2) is 47.4 Å². The van der Waals surface area contributed by atoms with E-state index in [1.807, 2.05) is 24.3 Å². The normalized spacial score (nSPS) is 11.3. The molecule has 152 valence electrons. The van der Waals surface area contributed by atoms with Gasteiger partial charge in [0.2, 0.25) is 15.9 Å². The van der Waals surface area contributed by atoms with Crippen LogP contribution >= 0.6 is 46.6 Å². The molecule has 0 unspecified atom stereocenters. The molecule has 0 fully saturated rings. The summed E-state index contributed by atoms with van der Waals surface area (Å²) in [6, 6.07) is 11.9. The topological polar surface area (TPSA) is 66.5 Å². The fraction of sp³-hybridized carbons (Fsp3) is 0.278. The molecule has 0 spiro atoms. The highest BCUT2D eigenvalue weighted by molar-refractivity contribution is 7.99. The van der Waals surface area contributed by atoms with Crippen molar-refractivity contribution in [1.29, 1.82) is 0 Å². The van der Waals surface area contributed by atoms with E-state index in [0.717, 1.165) is 27.6 Å². The number of hydrogen-bond acceptors (Lipinski definition) is 4. The molecule has 1 N–H and O–H groups in total. The highest BCUT2D eigenvalue weighted by Crippen LogP contribution is 2.28. The summed E-state index contributed by atoms with van der Waals surface area (Å²) in [5, 5.41) is 3.95. The van der Waals surface area contributed by atoms with Crippen LogP contribution in [0.2, 0.25) is 15.1 Å². The van der Waals surface area contributed by atoms with Crippen molar-refractivity contribution in [1.82, 2.24) is 5.32 Å². The lowest BCUT2D eigenvalue weighted by Crippen LogP contribution is -2.40. The fourth-order valence-electron chi connectivity index (χ4n) is 2.25. The summed E-state index contributed by atoms with van der Waals surface area (Å²) >= 11 is 19.3. The highest BCUT2D eigenvalue weighted by Gasteiger charge is 2.21. The lowest BCUT2D eigenvalue weighted by atomic mass is 10.3. The average molecular weight is 482 g/mol. The predicted octanol–water partition coefficient (Wildman–Crippen LogP) is 4.71. The number of hydrogen-bond donors (Lipinski definition) is 1. The van der Waals surface area contributed by atoms with Gasteiger partial charge in [-0.25, -0.2) is 8.42 Å². The number of nitrogens with zero attached hydrogens (tertiary/aromatic N) is 1. The van der Waals surface area contributed by atoms with Crippen molar-refractivity contribution in [2.45, 2.75) is 11.3 Å². The average Bonchev–Trinajstić information content (AvgIpc) is 2.62. The lowest BCUT2D eigenvalue weighted by molar-refractivity contribution is -0.119. The van der Waals surface area contributed by atoms with Crippen LogP contribution in [0.1, 0.15) is 6.42 Å². The number of carbonyl (C=O) groups excluding carboxylic acids is 1. The van der Waals surface area contributed by atoms with Gasteiger partial charge in [-0.3, -0.25) is 9.10 Å². The Labute approximate surface area is 184 Å². The van der Waals surface area contributed by atoms with Crippen molar-refractivity contribution in [3.05, 3.63) is 57.5 Å². The summed E-state index contributed by atoms with van der Waals surface area (Å²) in [5.41, 5.74) is 0.283. The second-order valence-corrected chi connectivity index (χ2v) is 10.2. The van der Waals surface area contributed by atoms with E-state index in [2.05, 4.69) is 5.32 Å². The standard InChI is InChI=1S/C18H19Cl3N2O3S2/c1-28(25,26)23(14-5-8-16(20)17(21)11-14)12-18(24)22-9-2-10-27-15-6-3-13(19)4-7-15/h3-8,11H,2,9-10,12H2,1H3,(H,22,24). The minimum absolute atomic E-state index is 0.215. The molecule has 0 bridgehead atoms. The first-order chi connectivity index (χ1) is 13.2. The van der Waals surface area contributed by atoms with Crippen LogP contribution in [0.25, 0.3) is 0 Å². The molecule has 0 aromatic heterocycles. The van der Waals surface area contributed by atoms with Gasteiger partial charge in [0.15, 0.2) is 0 Å². The first-order valence-corrected chi connectivity index (χ1v) is 12.2. The minimum Gasteiger partial charge on any atom is -0.354 e. The van der Waals surface area contributed by atoms with Crippen molar-refractivity contribution in [2.24, 2.45) is 0 Å². The number of amides is 1. The largest absolute Gasteiger partial charge is 0.354 e. The molecule has 28 heavy (non-hydrogen) atoms. The predicted molar refractivity (Wildman–Crippen MR) is 118 cm³/mol. The Morgan fingerprint density at radius 3 is 2.36 bits per heavy atom. The maximum atomic E-state index is 12.2. The van der Waals surface area contributed by atoms with Crippen LogP contribution in [0.4, 0.5) is 5.69 Å². The van der Waals surface area contributed by atoms with Gasteiger partial charge in [-0.05, 0) is 54.6 Å². The quantitative estimate of drug-likeness (QED) is 0.416. The molecule has 2 aromatic carbocycles. The lowest BCUT2D eigenvalue weighted by Gasteiger charge is -2.22. The number of halogens is 3. The van der Waals surface area contributed by atoms with E-state index in [9.17, 15) is 13.2 Å². The van der Waals surface area contributed by atoms with E-state index in [1.165, 1.54) is 18.2 Å². The Morgan fingerprint density at radius 1 is 1.07 bits per heavy atom. The summed E-state index contributed by atoms with van der Waals surface area (Å²) in [5.74, 6) is 0.415. The molecular formula is C18H19Cl3N2O3S2. The Kier molecular flexibility index (Phi) is 8.77. The maximum Gasteiger partial charge on any atom is 0.240 e. The van der Waals surface area contributed by atoms with Gasteiger partial charge in [0, 0.05) is 16.5 Å². The Morgan fingerprint density at radius 2 is 1.75 bits per heavy atom. The molecule has 0 atom stereocenters. The number of rotatable bonds is 9. The Balaban J connectivity index is 1.84. The third-order valence-electron chi connectivity index (χ3n) is 3.60. The zero-order valence-corrected chi connectivity index (χ0v) is 18.9. The molecule has 2 aromatic rings. The second-order valence-electron chi connectivity index (χ2n) is 5.87. The number of sulfonamides is 1. The number of thioether (sulfide) groups is 1. The summed E-state index contributed by atoms with van der Waals surface area (Å²) in [4.78, 5) is 13.3. The monoisotopic (exact) mass is 480 g/mol. The molecular weight excluding hydrogens is 463 g/mol. The molecule has 2 rings (SSSR count). The van der Waals surface area contributed by atoms with Gasteiger partial charge in [-0.2, -0.15) is 0 Å². The van der Waals surface area contributed by atoms with Gasteiger partial charge in [0.1, 0.15) is 6.54 Å². The molecule has 5 nitrogen and oxygen atoms in total. The van der Waals surface area contributed by atoms with Gasteiger partial charge < -0.3 is 5.32 Å². The van der Waals surface area contributed by atoms with E-state index in [4.69, 9.17) is 34.8 Å². The number of anilines is 1. The number of nitrogens with one attached hydrogen (secondary N) is 1. The Bertz CT molecular complexity index is 922. The first kappa shape index (κ1) is 23.2. The van der Waals surface area contributed by atoms with Crippen molar-refractivity contribution >= 4 is 68.2 Å². The molecule has 0 saturated heterocycles. The van der Waals surface area contributed by atoms with Gasteiger partial charge >= 0.3 is 0 Å². The van der Waals surface area contributed by atoms with Gasteiger partial charge in [0.25, 0.3) is 0 Å². The van der Waals surface area contributed by atoms with Crippen LogP contribution in [0.3, 0.4) is 0 Å². The van der Waals surface area contributed by atoms with Crippen LogP contribution in [0.5, 0.6) is 0 Å².